The molecule has 196 valence electrons. The van der Waals surface area contributed by atoms with Gasteiger partial charge in [-0.2, -0.15) is 5.10 Å². The number of ether oxygens (including phenoxy) is 1. The zero-order chi connectivity index (χ0) is 26.5. The molecule has 0 aliphatic carbocycles. The van der Waals surface area contributed by atoms with Crippen LogP contribution in [0.1, 0.15) is 25.3 Å². The average molecular weight is 513 g/mol. The van der Waals surface area contributed by atoms with Crippen molar-refractivity contribution in [3.8, 4) is 28.1 Å². The van der Waals surface area contributed by atoms with Crippen molar-refractivity contribution in [2.45, 2.75) is 32.4 Å². The van der Waals surface area contributed by atoms with Gasteiger partial charge in [0.25, 0.3) is 0 Å². The van der Waals surface area contributed by atoms with Gasteiger partial charge in [-0.05, 0) is 62.2 Å². The number of benzene rings is 3. The van der Waals surface area contributed by atoms with E-state index in [4.69, 9.17) is 9.84 Å². The molecule has 0 atom stereocenters. The minimum Gasteiger partial charge on any atom is -0.450 e. The van der Waals surface area contributed by atoms with E-state index in [9.17, 15) is 4.79 Å². The third-order valence-electron chi connectivity index (χ3n) is 7.23. The second kappa shape index (κ2) is 11.6. The lowest BCUT2D eigenvalue weighted by atomic mass is 10.0. The zero-order valence-electron chi connectivity index (χ0n) is 21.9. The molecule has 0 unspecified atom stereocenters. The smallest absolute Gasteiger partial charge is 0.409 e. The predicted octanol–water partition coefficient (Wildman–Crippen LogP) is 6.40. The van der Waals surface area contributed by atoms with E-state index >= 15 is 4.39 Å². The number of amides is 1. The zero-order valence-corrected chi connectivity index (χ0v) is 21.9. The Morgan fingerprint density at radius 1 is 0.974 bits per heavy atom. The molecule has 1 aromatic heterocycles. The molecule has 6 nitrogen and oxygen atoms in total. The molecule has 0 spiro atoms. The van der Waals surface area contributed by atoms with E-state index in [0.717, 1.165) is 40.9 Å². The third-order valence-corrected chi connectivity index (χ3v) is 7.23. The Morgan fingerprint density at radius 3 is 2.32 bits per heavy atom. The Hall–Kier alpha value is -3.97. The monoisotopic (exact) mass is 512 g/mol. The molecule has 7 heteroatoms. The van der Waals surface area contributed by atoms with Crippen LogP contribution in [-0.2, 0) is 11.3 Å². The van der Waals surface area contributed by atoms with Gasteiger partial charge < -0.3 is 9.64 Å². The van der Waals surface area contributed by atoms with Crippen molar-refractivity contribution in [3.05, 3.63) is 96.4 Å². The summed E-state index contributed by atoms with van der Waals surface area (Å²) in [6, 6.07) is 25.6. The molecule has 3 aromatic carbocycles. The maximum atomic E-state index is 15.1. The van der Waals surface area contributed by atoms with Crippen molar-refractivity contribution in [1.82, 2.24) is 19.6 Å². The molecule has 1 amide bonds. The number of hydrogen-bond donors (Lipinski definition) is 0. The SMILES string of the molecule is CCOC(=O)N1CCC(N(C)Cc2cnn(-c3ccc(-c4ccccc4)cc3)c2-c2ccccc2F)CC1. The Morgan fingerprint density at radius 2 is 1.63 bits per heavy atom. The quantitative estimate of drug-likeness (QED) is 0.288. The lowest BCUT2D eigenvalue weighted by Crippen LogP contribution is -2.45. The number of piperidine rings is 1. The Kier molecular flexibility index (Phi) is 7.84. The summed E-state index contributed by atoms with van der Waals surface area (Å²) in [7, 11) is 2.09. The molecule has 0 radical (unpaired) electrons. The number of rotatable bonds is 7. The Balaban J connectivity index is 1.40. The van der Waals surface area contributed by atoms with Crippen LogP contribution in [0.2, 0.25) is 0 Å². The minimum absolute atomic E-state index is 0.241. The summed E-state index contributed by atoms with van der Waals surface area (Å²) >= 11 is 0. The summed E-state index contributed by atoms with van der Waals surface area (Å²) in [5, 5.41) is 4.71. The summed E-state index contributed by atoms with van der Waals surface area (Å²) < 4.78 is 22.1. The molecular formula is C31H33FN4O2. The molecule has 0 N–H and O–H groups in total. The highest BCUT2D eigenvalue weighted by Gasteiger charge is 2.27. The van der Waals surface area contributed by atoms with Crippen LogP contribution in [0.5, 0.6) is 0 Å². The van der Waals surface area contributed by atoms with Gasteiger partial charge in [0, 0.05) is 36.8 Å². The van der Waals surface area contributed by atoms with E-state index in [2.05, 4.69) is 36.2 Å². The molecule has 1 saturated heterocycles. The second-order valence-corrected chi connectivity index (χ2v) is 9.66. The largest absolute Gasteiger partial charge is 0.450 e. The third kappa shape index (κ3) is 5.48. The van der Waals surface area contributed by atoms with Crippen LogP contribution in [0.3, 0.4) is 0 Å². The van der Waals surface area contributed by atoms with Crippen molar-refractivity contribution in [1.29, 1.82) is 0 Å². The van der Waals surface area contributed by atoms with Gasteiger partial charge in [-0.15, -0.1) is 0 Å². The van der Waals surface area contributed by atoms with Crippen molar-refractivity contribution < 1.29 is 13.9 Å². The number of carbonyl (C=O) groups excluding carboxylic acids is 1. The van der Waals surface area contributed by atoms with Gasteiger partial charge >= 0.3 is 6.09 Å². The molecule has 1 aliphatic rings. The molecular weight excluding hydrogens is 479 g/mol. The highest BCUT2D eigenvalue weighted by atomic mass is 19.1. The van der Waals surface area contributed by atoms with Gasteiger partial charge in [-0.1, -0.05) is 54.6 Å². The molecule has 4 aromatic rings. The van der Waals surface area contributed by atoms with Gasteiger partial charge in [0.1, 0.15) is 5.82 Å². The normalized spacial score (nSPS) is 14.2. The lowest BCUT2D eigenvalue weighted by Gasteiger charge is -2.36. The van der Waals surface area contributed by atoms with Crippen molar-refractivity contribution in [2.75, 3.05) is 26.7 Å². The van der Waals surface area contributed by atoms with Crippen LogP contribution in [0.15, 0.2) is 85.1 Å². The van der Waals surface area contributed by atoms with E-state index in [1.54, 1.807) is 11.0 Å². The maximum absolute atomic E-state index is 15.1. The second-order valence-electron chi connectivity index (χ2n) is 9.66. The predicted molar refractivity (Wildman–Crippen MR) is 147 cm³/mol. The summed E-state index contributed by atoms with van der Waals surface area (Å²) in [6.45, 7) is 4.16. The highest BCUT2D eigenvalue weighted by Crippen LogP contribution is 2.31. The van der Waals surface area contributed by atoms with Gasteiger partial charge in [0.15, 0.2) is 0 Å². The van der Waals surface area contributed by atoms with Crippen LogP contribution >= 0.6 is 0 Å². The molecule has 0 bridgehead atoms. The number of aromatic nitrogens is 2. The lowest BCUT2D eigenvalue weighted by molar-refractivity contribution is 0.0794. The van der Waals surface area contributed by atoms with E-state index in [-0.39, 0.29) is 11.9 Å². The molecule has 1 fully saturated rings. The molecule has 38 heavy (non-hydrogen) atoms. The van der Waals surface area contributed by atoms with Crippen molar-refractivity contribution >= 4 is 6.09 Å². The van der Waals surface area contributed by atoms with Crippen LogP contribution in [0.4, 0.5) is 9.18 Å². The topological polar surface area (TPSA) is 50.6 Å². The van der Waals surface area contributed by atoms with Gasteiger partial charge in [0.2, 0.25) is 0 Å². The minimum atomic E-state index is -0.276. The number of likely N-dealkylation sites (tertiary alicyclic amines) is 1. The van der Waals surface area contributed by atoms with Crippen molar-refractivity contribution in [3.63, 3.8) is 0 Å². The van der Waals surface area contributed by atoms with Gasteiger partial charge in [-0.25, -0.2) is 13.9 Å². The summed E-state index contributed by atoms with van der Waals surface area (Å²) in [5.41, 5.74) is 5.37. The summed E-state index contributed by atoms with van der Waals surface area (Å²) in [4.78, 5) is 16.1. The number of carbonyl (C=O) groups is 1. The Labute approximate surface area is 223 Å². The van der Waals surface area contributed by atoms with Crippen LogP contribution < -0.4 is 0 Å². The van der Waals surface area contributed by atoms with E-state index in [1.807, 2.05) is 60.3 Å². The molecule has 5 rings (SSSR count). The van der Waals surface area contributed by atoms with Crippen molar-refractivity contribution in [2.24, 2.45) is 0 Å². The van der Waals surface area contributed by atoms with Crippen LogP contribution in [0.25, 0.3) is 28.1 Å². The highest BCUT2D eigenvalue weighted by molar-refractivity contribution is 5.69. The number of halogens is 1. The Bertz CT molecular complexity index is 1360. The fraction of sp³-hybridized carbons (Fsp3) is 0.290. The molecule has 1 aliphatic heterocycles. The van der Waals surface area contributed by atoms with E-state index in [1.165, 1.54) is 6.07 Å². The van der Waals surface area contributed by atoms with Crippen LogP contribution in [0, 0.1) is 5.82 Å². The first-order valence-corrected chi connectivity index (χ1v) is 13.1. The summed E-state index contributed by atoms with van der Waals surface area (Å²) in [5.74, 6) is -0.276. The fourth-order valence-electron chi connectivity index (χ4n) is 5.16. The van der Waals surface area contributed by atoms with E-state index < -0.39 is 0 Å². The first-order chi connectivity index (χ1) is 18.5. The van der Waals surface area contributed by atoms with Gasteiger partial charge in [-0.3, -0.25) is 4.90 Å². The maximum Gasteiger partial charge on any atom is 0.409 e. The standard InChI is InChI=1S/C31H33FN4O2/c1-3-38-31(37)35-19-17-26(18-20-35)34(2)22-25-21-33-36(30(25)28-11-7-8-12-29(28)32)27-15-13-24(14-16-27)23-9-5-4-6-10-23/h4-16,21,26H,3,17-20,22H2,1-2H3. The number of hydrogen-bond acceptors (Lipinski definition) is 4. The fourth-order valence-corrected chi connectivity index (χ4v) is 5.16. The molecule has 0 saturated carbocycles. The molecule has 2 heterocycles. The average Bonchev–Trinajstić information content (AvgIpc) is 3.37. The first-order valence-electron chi connectivity index (χ1n) is 13.1. The van der Waals surface area contributed by atoms with Crippen LogP contribution in [-0.4, -0.2) is 58.5 Å². The number of nitrogens with zero attached hydrogens (tertiary/aromatic N) is 4. The summed E-state index contributed by atoms with van der Waals surface area (Å²) in [6.07, 6.45) is 3.32. The first kappa shape index (κ1) is 25.7. The van der Waals surface area contributed by atoms with Gasteiger partial charge in [0.05, 0.1) is 24.2 Å². The van der Waals surface area contributed by atoms with E-state index in [0.29, 0.717) is 37.8 Å².